The summed E-state index contributed by atoms with van der Waals surface area (Å²) >= 11 is 0. The van der Waals surface area contributed by atoms with E-state index in [1.54, 1.807) is 23.9 Å². The van der Waals surface area contributed by atoms with Crippen molar-refractivity contribution in [2.24, 2.45) is 13.0 Å². The molecule has 150 valence electrons. The van der Waals surface area contributed by atoms with Crippen LogP contribution in [0.25, 0.3) is 11.3 Å². The lowest BCUT2D eigenvalue weighted by Gasteiger charge is -2.28. The molecule has 1 aromatic heterocycles. The molecule has 0 bridgehead atoms. The molecule has 1 heterocycles. The van der Waals surface area contributed by atoms with Crippen molar-refractivity contribution in [2.75, 3.05) is 5.32 Å². The summed E-state index contributed by atoms with van der Waals surface area (Å²) < 4.78 is 42.9. The van der Waals surface area contributed by atoms with Gasteiger partial charge in [-0.15, -0.1) is 13.2 Å². The van der Waals surface area contributed by atoms with Crippen LogP contribution in [0.1, 0.15) is 50.0 Å². The quantitative estimate of drug-likeness (QED) is 0.778. The predicted octanol–water partition coefficient (Wildman–Crippen LogP) is 4.99. The molecule has 2 saturated carbocycles. The van der Waals surface area contributed by atoms with Gasteiger partial charge >= 0.3 is 6.36 Å². The van der Waals surface area contributed by atoms with Crippen LogP contribution in [-0.2, 0) is 11.8 Å². The smallest absolute Gasteiger partial charge is 0.406 e. The Balaban J connectivity index is 1.65. The van der Waals surface area contributed by atoms with Gasteiger partial charge < -0.3 is 10.1 Å². The molecule has 5 nitrogen and oxygen atoms in total. The first-order chi connectivity index (χ1) is 13.3. The summed E-state index contributed by atoms with van der Waals surface area (Å²) in [4.78, 5) is 12.4. The standard InChI is InChI=1S/C20H22F3N3O2/c1-26-17(13-8-10-15(11-9-13)28-20(21,22)23)16(12-4-2-5-12)18(25-26)24-19(27)14-6-3-7-14/h8-12,14H,2-7H2,1H3,(H,24,25,27). The number of aryl methyl sites for hydroxylation is 1. The van der Waals surface area contributed by atoms with Crippen molar-refractivity contribution in [3.8, 4) is 17.0 Å². The highest BCUT2D eigenvalue weighted by Gasteiger charge is 2.33. The first-order valence-electron chi connectivity index (χ1n) is 9.56. The average Bonchev–Trinajstić information content (AvgIpc) is 2.79. The minimum Gasteiger partial charge on any atom is -0.406 e. The molecule has 1 amide bonds. The maximum Gasteiger partial charge on any atom is 0.573 e. The van der Waals surface area contributed by atoms with Crippen LogP contribution >= 0.6 is 0 Å². The molecule has 0 radical (unpaired) electrons. The van der Waals surface area contributed by atoms with Crippen LogP contribution in [0.15, 0.2) is 24.3 Å². The molecule has 0 spiro atoms. The summed E-state index contributed by atoms with van der Waals surface area (Å²) in [5, 5.41) is 7.52. The van der Waals surface area contributed by atoms with Gasteiger partial charge in [0.25, 0.3) is 0 Å². The number of hydrogen-bond donors (Lipinski definition) is 1. The van der Waals surface area contributed by atoms with E-state index in [4.69, 9.17) is 0 Å². The molecule has 2 aliphatic rings. The van der Waals surface area contributed by atoms with Crippen molar-refractivity contribution in [2.45, 2.75) is 50.8 Å². The monoisotopic (exact) mass is 393 g/mol. The zero-order valence-corrected chi connectivity index (χ0v) is 15.6. The highest BCUT2D eigenvalue weighted by molar-refractivity contribution is 5.94. The molecule has 4 rings (SSSR count). The predicted molar refractivity (Wildman–Crippen MR) is 97.9 cm³/mol. The fourth-order valence-corrected chi connectivity index (χ4v) is 3.76. The van der Waals surface area contributed by atoms with E-state index < -0.39 is 6.36 Å². The van der Waals surface area contributed by atoms with E-state index in [1.165, 1.54) is 12.1 Å². The first-order valence-corrected chi connectivity index (χ1v) is 9.56. The lowest BCUT2D eigenvalue weighted by Crippen LogP contribution is -2.29. The summed E-state index contributed by atoms with van der Waals surface area (Å²) in [5.74, 6) is 0.673. The number of ether oxygens (including phenoxy) is 1. The zero-order valence-electron chi connectivity index (χ0n) is 15.6. The molecule has 0 aliphatic heterocycles. The number of rotatable bonds is 5. The molecule has 28 heavy (non-hydrogen) atoms. The SMILES string of the molecule is Cn1nc(NC(=O)C2CCC2)c(C2CCC2)c1-c1ccc(OC(F)(F)F)cc1. The summed E-state index contributed by atoms with van der Waals surface area (Å²) in [5.41, 5.74) is 2.55. The Morgan fingerprint density at radius 2 is 1.79 bits per heavy atom. The third kappa shape index (κ3) is 3.72. The second-order valence-electron chi connectivity index (χ2n) is 7.55. The van der Waals surface area contributed by atoms with E-state index in [0.717, 1.165) is 55.3 Å². The van der Waals surface area contributed by atoms with Crippen molar-refractivity contribution >= 4 is 11.7 Å². The van der Waals surface area contributed by atoms with Crippen LogP contribution in [0.4, 0.5) is 19.0 Å². The number of carbonyl (C=O) groups excluding carboxylic acids is 1. The van der Waals surface area contributed by atoms with Crippen LogP contribution in [-0.4, -0.2) is 22.1 Å². The Kier molecular flexibility index (Phi) is 4.81. The van der Waals surface area contributed by atoms with Crippen molar-refractivity contribution in [1.29, 1.82) is 0 Å². The minimum atomic E-state index is -4.72. The van der Waals surface area contributed by atoms with E-state index in [1.807, 2.05) is 0 Å². The second-order valence-corrected chi connectivity index (χ2v) is 7.55. The molecule has 1 aromatic carbocycles. The Hall–Kier alpha value is -2.51. The molecule has 0 atom stereocenters. The molecule has 0 saturated heterocycles. The minimum absolute atomic E-state index is 0.00500. The Morgan fingerprint density at radius 3 is 2.29 bits per heavy atom. The highest BCUT2D eigenvalue weighted by atomic mass is 19.4. The second kappa shape index (κ2) is 7.14. The first kappa shape index (κ1) is 18.8. The Labute approximate surface area is 160 Å². The lowest BCUT2D eigenvalue weighted by molar-refractivity contribution is -0.274. The van der Waals surface area contributed by atoms with E-state index in [9.17, 15) is 18.0 Å². The molecule has 0 unspecified atom stereocenters. The third-order valence-electron chi connectivity index (χ3n) is 5.68. The van der Waals surface area contributed by atoms with Gasteiger partial charge in [-0.1, -0.05) is 12.8 Å². The summed E-state index contributed by atoms with van der Waals surface area (Å²) in [6.45, 7) is 0. The largest absolute Gasteiger partial charge is 0.573 e. The summed E-state index contributed by atoms with van der Waals surface area (Å²) in [6, 6.07) is 5.79. The van der Waals surface area contributed by atoms with E-state index in [0.29, 0.717) is 11.7 Å². The van der Waals surface area contributed by atoms with Crippen molar-refractivity contribution in [1.82, 2.24) is 9.78 Å². The maximum atomic E-state index is 12.4. The van der Waals surface area contributed by atoms with Gasteiger partial charge in [0.1, 0.15) is 5.75 Å². The van der Waals surface area contributed by atoms with Gasteiger partial charge in [0, 0.05) is 24.1 Å². The lowest BCUT2D eigenvalue weighted by atomic mass is 9.78. The molecule has 2 aromatic rings. The Bertz CT molecular complexity index is 866. The van der Waals surface area contributed by atoms with Gasteiger partial charge in [0.15, 0.2) is 5.82 Å². The number of benzene rings is 1. The van der Waals surface area contributed by atoms with Crippen LogP contribution < -0.4 is 10.1 Å². The number of hydrogen-bond acceptors (Lipinski definition) is 3. The topological polar surface area (TPSA) is 56.2 Å². The molecule has 8 heteroatoms. The van der Waals surface area contributed by atoms with Gasteiger partial charge in [-0.25, -0.2) is 0 Å². The van der Waals surface area contributed by atoms with Crippen LogP contribution in [0, 0.1) is 5.92 Å². The molecule has 2 fully saturated rings. The molecular weight excluding hydrogens is 371 g/mol. The summed E-state index contributed by atoms with van der Waals surface area (Å²) in [7, 11) is 1.79. The number of anilines is 1. The maximum absolute atomic E-state index is 12.4. The van der Waals surface area contributed by atoms with Crippen molar-refractivity contribution < 1.29 is 22.7 Å². The van der Waals surface area contributed by atoms with E-state index in [-0.39, 0.29) is 17.6 Å². The normalized spacial score (nSPS) is 17.7. The van der Waals surface area contributed by atoms with Crippen LogP contribution in [0.2, 0.25) is 0 Å². The zero-order chi connectivity index (χ0) is 19.9. The number of nitrogens with zero attached hydrogens (tertiary/aromatic N) is 2. The number of amides is 1. The number of aromatic nitrogens is 2. The molecule has 1 N–H and O–H groups in total. The number of carbonyl (C=O) groups is 1. The van der Waals surface area contributed by atoms with Gasteiger partial charge in [-0.05, 0) is 55.9 Å². The van der Waals surface area contributed by atoms with Crippen molar-refractivity contribution in [3.05, 3.63) is 29.8 Å². The fourth-order valence-electron chi connectivity index (χ4n) is 3.76. The third-order valence-corrected chi connectivity index (χ3v) is 5.68. The molecular formula is C20H22F3N3O2. The van der Waals surface area contributed by atoms with Crippen LogP contribution in [0.3, 0.4) is 0 Å². The van der Waals surface area contributed by atoms with Crippen LogP contribution in [0.5, 0.6) is 5.75 Å². The number of nitrogens with one attached hydrogen (secondary N) is 1. The van der Waals surface area contributed by atoms with Crippen molar-refractivity contribution in [3.63, 3.8) is 0 Å². The molecule has 2 aliphatic carbocycles. The summed E-state index contributed by atoms with van der Waals surface area (Å²) in [6.07, 6.45) is 1.32. The van der Waals surface area contributed by atoms with E-state index in [2.05, 4.69) is 15.2 Å². The average molecular weight is 393 g/mol. The number of alkyl halides is 3. The highest BCUT2D eigenvalue weighted by Crippen LogP contribution is 2.45. The number of halogens is 3. The van der Waals surface area contributed by atoms with Gasteiger partial charge in [-0.2, -0.15) is 5.10 Å². The van der Waals surface area contributed by atoms with Gasteiger partial charge in [0.05, 0.1) is 5.69 Å². The van der Waals surface area contributed by atoms with E-state index >= 15 is 0 Å². The fraction of sp³-hybridized carbons (Fsp3) is 0.500. The van der Waals surface area contributed by atoms with Gasteiger partial charge in [-0.3, -0.25) is 9.48 Å². The Morgan fingerprint density at radius 1 is 1.14 bits per heavy atom. The van der Waals surface area contributed by atoms with Gasteiger partial charge in [0.2, 0.25) is 5.91 Å².